The Morgan fingerprint density at radius 1 is 1.47 bits per heavy atom. The number of amides is 2. The van der Waals surface area contributed by atoms with Crippen molar-refractivity contribution in [3.8, 4) is 0 Å². The summed E-state index contributed by atoms with van der Waals surface area (Å²) in [6.07, 6.45) is 4.14. The smallest absolute Gasteiger partial charge is 0.243 e. The topological polar surface area (TPSA) is 61.4 Å². The predicted octanol–water partition coefficient (Wildman–Crippen LogP) is 0.677. The first-order valence-electron chi connectivity index (χ1n) is 7.03. The molecule has 0 aromatic rings. The summed E-state index contributed by atoms with van der Waals surface area (Å²) < 4.78 is 0. The van der Waals surface area contributed by atoms with Gasteiger partial charge in [0.05, 0.1) is 0 Å². The van der Waals surface area contributed by atoms with E-state index in [-0.39, 0.29) is 36.3 Å². The molecular weight excluding hydrogens is 266 g/mol. The van der Waals surface area contributed by atoms with Gasteiger partial charge in [-0.25, -0.2) is 0 Å². The van der Waals surface area contributed by atoms with Gasteiger partial charge >= 0.3 is 0 Å². The van der Waals surface area contributed by atoms with Crippen LogP contribution in [-0.2, 0) is 9.59 Å². The zero-order valence-corrected chi connectivity index (χ0v) is 12.3. The van der Waals surface area contributed by atoms with Crippen LogP contribution in [0.4, 0.5) is 0 Å². The molecule has 2 saturated heterocycles. The summed E-state index contributed by atoms with van der Waals surface area (Å²) >= 11 is 0. The molecule has 1 unspecified atom stereocenters. The first-order valence-corrected chi connectivity index (χ1v) is 7.03. The lowest BCUT2D eigenvalue weighted by Crippen LogP contribution is -2.51. The highest BCUT2D eigenvalue weighted by Gasteiger charge is 2.32. The van der Waals surface area contributed by atoms with Crippen molar-refractivity contribution in [2.24, 2.45) is 0 Å². The van der Waals surface area contributed by atoms with Crippen LogP contribution in [0.5, 0.6) is 0 Å². The molecule has 0 aliphatic carbocycles. The van der Waals surface area contributed by atoms with Crippen molar-refractivity contribution in [3.63, 3.8) is 0 Å². The molecule has 0 aromatic heterocycles. The minimum absolute atomic E-state index is 0. The van der Waals surface area contributed by atoms with Crippen LogP contribution in [0.25, 0.3) is 0 Å². The number of nitrogens with zero attached hydrogens (tertiary/aromatic N) is 1. The second kappa shape index (κ2) is 7.70. The number of hydrogen-bond acceptors (Lipinski definition) is 3. The van der Waals surface area contributed by atoms with E-state index >= 15 is 0 Å². The highest BCUT2D eigenvalue weighted by Crippen LogP contribution is 2.16. The largest absolute Gasteiger partial charge is 0.351 e. The number of nitrogens with one attached hydrogen (secondary N) is 2. The Kier molecular flexibility index (Phi) is 6.58. The third kappa shape index (κ3) is 4.08. The van der Waals surface area contributed by atoms with Gasteiger partial charge < -0.3 is 15.5 Å². The number of likely N-dealkylation sites (tertiary alicyclic amines) is 1. The van der Waals surface area contributed by atoms with Gasteiger partial charge in [-0.1, -0.05) is 6.92 Å². The van der Waals surface area contributed by atoms with E-state index in [4.69, 9.17) is 0 Å². The molecule has 0 saturated carbocycles. The van der Waals surface area contributed by atoms with Crippen LogP contribution >= 0.6 is 12.4 Å². The van der Waals surface area contributed by atoms with E-state index in [1.165, 1.54) is 0 Å². The fourth-order valence-electron chi connectivity index (χ4n) is 2.81. The molecule has 0 radical (unpaired) electrons. The number of carbonyl (C=O) groups excluding carboxylic acids is 2. The number of piperidine rings is 1. The van der Waals surface area contributed by atoms with E-state index in [1.807, 2.05) is 6.92 Å². The molecule has 19 heavy (non-hydrogen) atoms. The van der Waals surface area contributed by atoms with Gasteiger partial charge in [0.2, 0.25) is 11.8 Å². The quantitative estimate of drug-likeness (QED) is 0.800. The van der Waals surface area contributed by atoms with Crippen LogP contribution in [0.3, 0.4) is 0 Å². The van der Waals surface area contributed by atoms with Crippen molar-refractivity contribution in [2.45, 2.75) is 51.1 Å². The van der Waals surface area contributed by atoms with Gasteiger partial charge in [0, 0.05) is 19.0 Å². The fraction of sp³-hybridized carbons (Fsp3) is 0.846. The highest BCUT2D eigenvalue weighted by atomic mass is 35.5. The molecule has 6 heteroatoms. The summed E-state index contributed by atoms with van der Waals surface area (Å²) in [5, 5.41) is 6.37. The highest BCUT2D eigenvalue weighted by molar-refractivity contribution is 5.88. The fourth-order valence-corrected chi connectivity index (χ4v) is 2.81. The first-order chi connectivity index (χ1) is 8.72. The van der Waals surface area contributed by atoms with Gasteiger partial charge in [-0.3, -0.25) is 9.59 Å². The van der Waals surface area contributed by atoms with Gasteiger partial charge in [0.1, 0.15) is 6.04 Å². The molecule has 2 amide bonds. The third-order valence-corrected chi connectivity index (χ3v) is 3.86. The monoisotopic (exact) mass is 289 g/mol. The summed E-state index contributed by atoms with van der Waals surface area (Å²) in [4.78, 5) is 25.7. The average Bonchev–Trinajstić information content (AvgIpc) is 2.78. The van der Waals surface area contributed by atoms with E-state index < -0.39 is 0 Å². The van der Waals surface area contributed by atoms with E-state index in [1.54, 1.807) is 4.90 Å². The standard InChI is InChI=1S/C13H23N3O2.ClH/c1-2-11(16-9-3-4-12(16)17)13(18)15-10-5-7-14-8-6-10;/h10-11,14H,2-9H2,1H3,(H,15,18);1H. The minimum atomic E-state index is -0.269. The molecule has 0 spiro atoms. The van der Waals surface area contributed by atoms with Crippen LogP contribution < -0.4 is 10.6 Å². The summed E-state index contributed by atoms with van der Waals surface area (Å²) in [5.74, 6) is 0.155. The number of carbonyl (C=O) groups is 2. The summed E-state index contributed by atoms with van der Waals surface area (Å²) in [5.41, 5.74) is 0. The third-order valence-electron chi connectivity index (χ3n) is 3.86. The van der Waals surface area contributed by atoms with Gasteiger partial charge in [-0.15, -0.1) is 12.4 Å². The van der Waals surface area contributed by atoms with Gasteiger partial charge in [0.15, 0.2) is 0 Å². The maximum atomic E-state index is 12.2. The van der Waals surface area contributed by atoms with Crippen LogP contribution in [0.1, 0.15) is 39.0 Å². The van der Waals surface area contributed by atoms with Crippen molar-refractivity contribution in [1.82, 2.24) is 15.5 Å². The Hall–Kier alpha value is -0.810. The lowest BCUT2D eigenvalue weighted by Gasteiger charge is -2.29. The van der Waals surface area contributed by atoms with Crippen LogP contribution in [0, 0.1) is 0 Å². The maximum absolute atomic E-state index is 12.2. The molecule has 2 rings (SSSR count). The van der Waals surface area contributed by atoms with E-state index in [9.17, 15) is 9.59 Å². The molecule has 5 nitrogen and oxygen atoms in total. The zero-order valence-electron chi connectivity index (χ0n) is 11.5. The lowest BCUT2D eigenvalue weighted by atomic mass is 10.1. The molecular formula is C13H24ClN3O2. The van der Waals surface area contributed by atoms with Gasteiger partial charge in [0.25, 0.3) is 0 Å². The summed E-state index contributed by atoms with van der Waals surface area (Å²) in [6.45, 7) is 4.63. The first kappa shape index (κ1) is 16.2. The molecule has 2 heterocycles. The minimum Gasteiger partial charge on any atom is -0.351 e. The molecule has 0 bridgehead atoms. The van der Waals surface area contributed by atoms with Crippen LogP contribution in [0.2, 0.25) is 0 Å². The number of halogens is 1. The van der Waals surface area contributed by atoms with Crippen molar-refractivity contribution < 1.29 is 9.59 Å². The molecule has 0 aromatic carbocycles. The summed E-state index contributed by atoms with van der Waals surface area (Å²) in [6, 6.07) is 0.000362. The summed E-state index contributed by atoms with van der Waals surface area (Å²) in [7, 11) is 0. The van der Waals surface area contributed by atoms with Gasteiger partial charge in [-0.2, -0.15) is 0 Å². The van der Waals surface area contributed by atoms with Crippen molar-refractivity contribution in [1.29, 1.82) is 0 Å². The lowest BCUT2D eigenvalue weighted by molar-refractivity contribution is -0.138. The molecule has 1 atom stereocenters. The Bertz CT molecular complexity index is 319. The Morgan fingerprint density at radius 3 is 2.68 bits per heavy atom. The van der Waals surface area contributed by atoms with Crippen molar-refractivity contribution >= 4 is 24.2 Å². The second-order valence-electron chi connectivity index (χ2n) is 5.15. The van der Waals surface area contributed by atoms with Crippen molar-refractivity contribution in [3.05, 3.63) is 0 Å². The Labute approximate surface area is 120 Å². The van der Waals surface area contributed by atoms with E-state index in [2.05, 4.69) is 10.6 Å². The predicted molar refractivity (Wildman–Crippen MR) is 76.3 cm³/mol. The van der Waals surface area contributed by atoms with Gasteiger partial charge in [-0.05, 0) is 38.8 Å². The van der Waals surface area contributed by atoms with Crippen molar-refractivity contribution in [2.75, 3.05) is 19.6 Å². The van der Waals surface area contributed by atoms with E-state index in [0.717, 1.165) is 38.9 Å². The zero-order chi connectivity index (χ0) is 13.0. The number of rotatable bonds is 4. The molecule has 2 aliphatic heterocycles. The molecule has 110 valence electrons. The maximum Gasteiger partial charge on any atom is 0.243 e. The SMILES string of the molecule is CCC(C(=O)NC1CCNCC1)N1CCCC1=O.Cl. The Balaban J connectivity index is 0.00000180. The van der Waals surface area contributed by atoms with Crippen LogP contribution in [-0.4, -0.2) is 48.4 Å². The molecule has 2 fully saturated rings. The van der Waals surface area contributed by atoms with E-state index in [0.29, 0.717) is 12.8 Å². The second-order valence-corrected chi connectivity index (χ2v) is 5.15. The number of hydrogen-bond donors (Lipinski definition) is 2. The normalized spacial score (nSPS) is 21.9. The average molecular weight is 290 g/mol. The molecule has 2 N–H and O–H groups in total. The Morgan fingerprint density at radius 2 is 2.16 bits per heavy atom. The molecule has 2 aliphatic rings. The van der Waals surface area contributed by atoms with Crippen LogP contribution in [0.15, 0.2) is 0 Å².